The van der Waals surface area contributed by atoms with Gasteiger partial charge < -0.3 is 5.32 Å². The Labute approximate surface area is 132 Å². The number of carbonyl (C=O) groups is 1. The maximum absolute atomic E-state index is 12.5. The second kappa shape index (κ2) is 5.98. The number of hydrogen-bond acceptors (Lipinski definition) is 1. The van der Waals surface area contributed by atoms with Crippen molar-refractivity contribution in [3.05, 3.63) is 63.6 Å². The van der Waals surface area contributed by atoms with Gasteiger partial charge in [0.1, 0.15) is 0 Å². The summed E-state index contributed by atoms with van der Waals surface area (Å²) < 4.78 is 0.989. The fourth-order valence-electron chi connectivity index (χ4n) is 1.84. The van der Waals surface area contributed by atoms with Crippen LogP contribution >= 0.6 is 27.5 Å². The van der Waals surface area contributed by atoms with Crippen LogP contribution in [0.5, 0.6) is 0 Å². The zero-order valence-corrected chi connectivity index (χ0v) is 13.6. The molecule has 0 heterocycles. The lowest BCUT2D eigenvalue weighted by Gasteiger charge is -2.24. The third-order valence-corrected chi connectivity index (χ3v) is 4.11. The first-order chi connectivity index (χ1) is 9.41. The highest BCUT2D eigenvalue weighted by Gasteiger charge is 2.30. The van der Waals surface area contributed by atoms with E-state index in [0.29, 0.717) is 10.7 Å². The van der Waals surface area contributed by atoms with Crippen molar-refractivity contribution in [2.75, 3.05) is 5.32 Å². The van der Waals surface area contributed by atoms with Gasteiger partial charge in [0.25, 0.3) is 0 Å². The molecule has 0 aromatic heterocycles. The number of nitrogens with one attached hydrogen (secondary N) is 1. The number of rotatable bonds is 3. The van der Waals surface area contributed by atoms with E-state index in [1.807, 2.05) is 50.2 Å². The molecule has 0 bridgehead atoms. The molecule has 2 aromatic rings. The molecular weight excluding hydrogens is 338 g/mol. The van der Waals surface area contributed by atoms with Gasteiger partial charge in [-0.2, -0.15) is 0 Å². The highest BCUT2D eigenvalue weighted by molar-refractivity contribution is 9.10. The van der Waals surface area contributed by atoms with Gasteiger partial charge in [0.15, 0.2) is 0 Å². The predicted molar refractivity (Wildman–Crippen MR) is 87.2 cm³/mol. The highest BCUT2D eigenvalue weighted by atomic mass is 79.9. The summed E-state index contributed by atoms with van der Waals surface area (Å²) >= 11 is 9.46. The Hall–Kier alpha value is -1.32. The Kier molecular flexibility index (Phi) is 4.51. The van der Waals surface area contributed by atoms with E-state index in [0.717, 1.165) is 10.0 Å². The molecule has 0 fully saturated rings. The Morgan fingerprint density at radius 3 is 2.30 bits per heavy atom. The average Bonchev–Trinajstić information content (AvgIpc) is 2.41. The lowest BCUT2D eigenvalue weighted by molar-refractivity contribution is -0.120. The Bertz CT molecular complexity index is 623. The van der Waals surface area contributed by atoms with Crippen LogP contribution in [-0.4, -0.2) is 5.91 Å². The van der Waals surface area contributed by atoms with Gasteiger partial charge in [-0.3, -0.25) is 4.79 Å². The molecule has 0 aliphatic rings. The van der Waals surface area contributed by atoms with E-state index in [4.69, 9.17) is 11.6 Å². The van der Waals surface area contributed by atoms with E-state index in [1.54, 1.807) is 12.1 Å². The maximum atomic E-state index is 12.5. The molecule has 4 heteroatoms. The van der Waals surface area contributed by atoms with Crippen molar-refractivity contribution in [2.24, 2.45) is 0 Å². The number of amides is 1. The normalized spacial score (nSPS) is 11.2. The molecule has 0 atom stereocenters. The molecule has 0 saturated carbocycles. The molecule has 2 nitrogen and oxygen atoms in total. The number of hydrogen-bond donors (Lipinski definition) is 1. The van der Waals surface area contributed by atoms with Crippen molar-refractivity contribution in [1.82, 2.24) is 0 Å². The molecule has 0 aliphatic heterocycles. The van der Waals surface area contributed by atoms with Gasteiger partial charge in [-0.25, -0.2) is 0 Å². The van der Waals surface area contributed by atoms with Crippen LogP contribution < -0.4 is 5.32 Å². The molecule has 0 unspecified atom stereocenters. The summed E-state index contributed by atoms with van der Waals surface area (Å²) in [6.07, 6.45) is 0. The van der Waals surface area contributed by atoms with Crippen LogP contribution in [0.25, 0.3) is 0 Å². The lowest BCUT2D eigenvalue weighted by Crippen LogP contribution is -2.34. The van der Waals surface area contributed by atoms with Crippen LogP contribution in [0, 0.1) is 0 Å². The summed E-state index contributed by atoms with van der Waals surface area (Å²) in [5, 5.41) is 3.42. The van der Waals surface area contributed by atoms with E-state index in [2.05, 4.69) is 21.2 Å². The molecule has 2 rings (SSSR count). The lowest BCUT2D eigenvalue weighted by atomic mass is 9.83. The molecule has 0 aliphatic carbocycles. The molecular formula is C16H15BrClNO. The van der Waals surface area contributed by atoms with Gasteiger partial charge in [0, 0.05) is 4.47 Å². The fourth-order valence-corrected chi connectivity index (χ4v) is 2.29. The van der Waals surface area contributed by atoms with E-state index in [-0.39, 0.29) is 5.91 Å². The zero-order chi connectivity index (χ0) is 14.8. The van der Waals surface area contributed by atoms with E-state index in [1.165, 1.54) is 0 Å². The summed E-state index contributed by atoms with van der Waals surface area (Å²) in [6, 6.07) is 15.0. The second-order valence-electron chi connectivity index (χ2n) is 5.07. The quantitative estimate of drug-likeness (QED) is 0.825. The molecule has 2 aromatic carbocycles. The first kappa shape index (κ1) is 15.1. The monoisotopic (exact) mass is 351 g/mol. The van der Waals surface area contributed by atoms with Crippen LogP contribution in [0.2, 0.25) is 5.02 Å². The van der Waals surface area contributed by atoms with Crippen molar-refractivity contribution in [3.8, 4) is 0 Å². The van der Waals surface area contributed by atoms with Gasteiger partial charge in [-0.05, 0) is 43.7 Å². The summed E-state index contributed by atoms with van der Waals surface area (Å²) in [6.45, 7) is 3.78. The van der Waals surface area contributed by atoms with Gasteiger partial charge in [0.2, 0.25) is 5.91 Å². The van der Waals surface area contributed by atoms with Crippen molar-refractivity contribution < 1.29 is 4.79 Å². The van der Waals surface area contributed by atoms with Crippen LogP contribution in [0.3, 0.4) is 0 Å². The van der Waals surface area contributed by atoms with Crippen molar-refractivity contribution >= 4 is 39.1 Å². The molecule has 104 valence electrons. The number of anilines is 1. The topological polar surface area (TPSA) is 29.1 Å². The Morgan fingerprint density at radius 2 is 1.70 bits per heavy atom. The van der Waals surface area contributed by atoms with Crippen LogP contribution in [0.4, 0.5) is 5.69 Å². The Balaban J connectivity index is 2.23. The smallest absolute Gasteiger partial charge is 0.234 e. The maximum Gasteiger partial charge on any atom is 0.234 e. The van der Waals surface area contributed by atoms with Crippen LogP contribution in [0.15, 0.2) is 53.0 Å². The van der Waals surface area contributed by atoms with Gasteiger partial charge >= 0.3 is 0 Å². The minimum absolute atomic E-state index is 0.0899. The van der Waals surface area contributed by atoms with Crippen molar-refractivity contribution in [2.45, 2.75) is 19.3 Å². The fraction of sp³-hybridized carbons (Fsp3) is 0.188. The zero-order valence-electron chi connectivity index (χ0n) is 11.3. The molecule has 20 heavy (non-hydrogen) atoms. The summed E-state index contributed by atoms with van der Waals surface area (Å²) in [4.78, 5) is 12.5. The molecule has 0 spiro atoms. The van der Waals surface area contributed by atoms with E-state index < -0.39 is 5.41 Å². The first-order valence-corrected chi connectivity index (χ1v) is 7.40. The minimum Gasteiger partial charge on any atom is -0.324 e. The molecule has 0 saturated heterocycles. The number of halogens is 2. The highest BCUT2D eigenvalue weighted by Crippen LogP contribution is 2.28. The summed E-state index contributed by atoms with van der Waals surface area (Å²) in [5.74, 6) is -0.0899. The van der Waals surface area contributed by atoms with E-state index in [9.17, 15) is 4.79 Å². The summed E-state index contributed by atoms with van der Waals surface area (Å²) in [5.41, 5.74) is 0.939. The van der Waals surface area contributed by atoms with Crippen molar-refractivity contribution in [1.29, 1.82) is 0 Å². The largest absolute Gasteiger partial charge is 0.324 e. The number of carbonyl (C=O) groups excluding carboxylic acids is 1. The predicted octanol–water partition coefficient (Wildman–Crippen LogP) is 5.02. The second-order valence-corrected chi connectivity index (χ2v) is 6.39. The molecule has 1 N–H and O–H groups in total. The molecule has 0 radical (unpaired) electrons. The molecule has 1 amide bonds. The standard InChI is InChI=1S/C16H15BrClNO/c1-16(2,11-7-9-12(17)10-8-11)15(20)19-14-6-4-3-5-13(14)18/h3-10H,1-2H3,(H,19,20). The van der Waals surface area contributed by atoms with Crippen molar-refractivity contribution in [3.63, 3.8) is 0 Å². The minimum atomic E-state index is -0.639. The number of benzene rings is 2. The first-order valence-electron chi connectivity index (χ1n) is 6.23. The van der Waals surface area contributed by atoms with Gasteiger partial charge in [-0.1, -0.05) is 51.8 Å². The summed E-state index contributed by atoms with van der Waals surface area (Å²) in [7, 11) is 0. The third kappa shape index (κ3) is 3.22. The van der Waals surface area contributed by atoms with Gasteiger partial charge in [-0.15, -0.1) is 0 Å². The van der Waals surface area contributed by atoms with Crippen LogP contribution in [-0.2, 0) is 10.2 Å². The number of para-hydroxylation sites is 1. The SMILES string of the molecule is CC(C)(C(=O)Nc1ccccc1Cl)c1ccc(Br)cc1. The third-order valence-electron chi connectivity index (χ3n) is 3.26. The van der Waals surface area contributed by atoms with Gasteiger partial charge in [0.05, 0.1) is 16.1 Å². The average molecular weight is 353 g/mol. The Morgan fingerprint density at radius 1 is 1.10 bits per heavy atom. The van der Waals surface area contributed by atoms with Crippen LogP contribution in [0.1, 0.15) is 19.4 Å². The van der Waals surface area contributed by atoms with E-state index >= 15 is 0 Å².